The molecule has 0 saturated carbocycles. The number of halogens is 2. The van der Waals surface area contributed by atoms with E-state index in [9.17, 15) is 9.59 Å². The monoisotopic (exact) mass is 401 g/mol. The first kappa shape index (κ1) is 18.9. The molecule has 3 rings (SSSR count). The molecule has 26 heavy (non-hydrogen) atoms. The number of imidazole rings is 1. The zero-order valence-corrected chi connectivity index (χ0v) is 15.8. The third kappa shape index (κ3) is 3.49. The van der Waals surface area contributed by atoms with Crippen LogP contribution in [0.2, 0.25) is 10.2 Å². The van der Waals surface area contributed by atoms with E-state index in [4.69, 9.17) is 37.4 Å². The average molecular weight is 402 g/mol. The van der Waals surface area contributed by atoms with Gasteiger partial charge in [-0.1, -0.05) is 30.1 Å². The van der Waals surface area contributed by atoms with Crippen LogP contribution in [0.1, 0.15) is 33.4 Å². The van der Waals surface area contributed by atoms with Crippen LogP contribution in [-0.4, -0.2) is 44.8 Å². The molecule has 1 aliphatic rings. The number of hydrogen-bond acceptors (Lipinski definition) is 7. The summed E-state index contributed by atoms with van der Waals surface area (Å²) in [6.45, 7) is 4.45. The van der Waals surface area contributed by atoms with Gasteiger partial charge in [0.05, 0.1) is 11.3 Å². The summed E-state index contributed by atoms with van der Waals surface area (Å²) in [6, 6.07) is 1.48. The molecule has 1 saturated heterocycles. The van der Waals surface area contributed by atoms with E-state index in [1.807, 2.05) is 6.92 Å². The molecule has 140 valence electrons. The fourth-order valence-electron chi connectivity index (χ4n) is 3.04. The highest BCUT2D eigenvalue weighted by atomic mass is 35.5. The normalized spacial score (nSPS) is 25.4. The summed E-state index contributed by atoms with van der Waals surface area (Å²) in [7, 11) is 0. The quantitative estimate of drug-likeness (QED) is 0.574. The number of carbonyl (C=O) groups is 2. The van der Waals surface area contributed by atoms with Crippen LogP contribution in [-0.2, 0) is 23.8 Å². The van der Waals surface area contributed by atoms with Crippen molar-refractivity contribution in [1.82, 2.24) is 14.5 Å². The van der Waals surface area contributed by atoms with Crippen LogP contribution >= 0.6 is 23.2 Å². The van der Waals surface area contributed by atoms with E-state index in [0.29, 0.717) is 22.6 Å². The molecule has 0 bridgehead atoms. The molecule has 0 aliphatic carbocycles. The summed E-state index contributed by atoms with van der Waals surface area (Å²) in [5.74, 6) is -1.01. The molecule has 2 aromatic rings. The molecule has 8 nitrogen and oxygen atoms in total. The number of ether oxygens (including phenoxy) is 3. The van der Waals surface area contributed by atoms with Crippen molar-refractivity contribution in [3.8, 4) is 0 Å². The van der Waals surface area contributed by atoms with E-state index >= 15 is 0 Å². The highest BCUT2D eigenvalue weighted by Gasteiger charge is 2.49. The van der Waals surface area contributed by atoms with E-state index in [0.717, 1.165) is 0 Å². The van der Waals surface area contributed by atoms with Crippen LogP contribution in [0.3, 0.4) is 0 Å². The van der Waals surface area contributed by atoms with Gasteiger partial charge < -0.3 is 14.2 Å². The second-order valence-electron chi connectivity index (χ2n) is 5.87. The number of hydrogen-bond donors (Lipinski definition) is 0. The van der Waals surface area contributed by atoms with Crippen molar-refractivity contribution >= 4 is 46.3 Å². The zero-order valence-electron chi connectivity index (χ0n) is 14.3. The first-order valence-corrected chi connectivity index (χ1v) is 8.75. The van der Waals surface area contributed by atoms with Crippen molar-refractivity contribution in [1.29, 1.82) is 0 Å². The Balaban J connectivity index is 2.07. The van der Waals surface area contributed by atoms with Gasteiger partial charge >= 0.3 is 11.9 Å². The SMILES string of the molecule is CC[C@H]1O[C@@H](n2cnc3c(Cl)cc(Cl)nc32)C(OC(C)=O)[C@@H]1OC(C)=O. The van der Waals surface area contributed by atoms with Gasteiger partial charge in [0, 0.05) is 13.8 Å². The Morgan fingerprint density at radius 3 is 2.50 bits per heavy atom. The standard InChI is InChI=1S/C16H17Cl2N3O5/c1-4-10-13(24-7(2)22)14(25-8(3)23)16(26-10)21-6-19-12-9(17)5-11(18)20-15(12)21/h5-6,10,13-14,16H,4H2,1-3H3/t10-,13-,14?,16-/m1/s1. The van der Waals surface area contributed by atoms with Gasteiger partial charge in [0.15, 0.2) is 24.1 Å². The predicted octanol–water partition coefficient (Wildman–Crippen LogP) is 2.91. The number of carbonyl (C=O) groups excluding carboxylic acids is 2. The van der Waals surface area contributed by atoms with E-state index in [2.05, 4.69) is 9.97 Å². The van der Waals surface area contributed by atoms with Crippen molar-refractivity contribution in [3.63, 3.8) is 0 Å². The minimum absolute atomic E-state index is 0.190. The number of rotatable bonds is 4. The van der Waals surface area contributed by atoms with Crippen LogP contribution in [0.15, 0.2) is 12.4 Å². The summed E-state index contributed by atoms with van der Waals surface area (Å²) in [6.07, 6.45) is -0.838. The largest absolute Gasteiger partial charge is 0.456 e. The Kier molecular flexibility index (Phi) is 5.36. The molecule has 1 unspecified atom stereocenters. The molecule has 0 amide bonds. The minimum Gasteiger partial charge on any atom is -0.456 e. The van der Waals surface area contributed by atoms with Crippen LogP contribution in [0.5, 0.6) is 0 Å². The Bertz CT molecular complexity index is 856. The van der Waals surface area contributed by atoms with Crippen molar-refractivity contribution in [3.05, 3.63) is 22.6 Å². The van der Waals surface area contributed by atoms with Gasteiger partial charge in [0.1, 0.15) is 16.8 Å². The van der Waals surface area contributed by atoms with Crippen molar-refractivity contribution < 1.29 is 23.8 Å². The van der Waals surface area contributed by atoms with E-state index < -0.39 is 36.5 Å². The molecule has 1 aliphatic heterocycles. The van der Waals surface area contributed by atoms with E-state index in [1.165, 1.54) is 26.2 Å². The van der Waals surface area contributed by atoms with Crippen LogP contribution in [0.4, 0.5) is 0 Å². The smallest absolute Gasteiger partial charge is 0.303 e. The summed E-state index contributed by atoms with van der Waals surface area (Å²) in [5.41, 5.74) is 0.813. The number of nitrogens with zero attached hydrogens (tertiary/aromatic N) is 3. The Hall–Kier alpha value is -1.90. The van der Waals surface area contributed by atoms with Crippen LogP contribution in [0.25, 0.3) is 11.2 Å². The molecule has 0 spiro atoms. The lowest BCUT2D eigenvalue weighted by atomic mass is 10.1. The number of esters is 2. The maximum Gasteiger partial charge on any atom is 0.303 e. The molecule has 0 N–H and O–H groups in total. The maximum atomic E-state index is 11.6. The Labute approximate surface area is 159 Å². The topological polar surface area (TPSA) is 92.5 Å². The average Bonchev–Trinajstić information content (AvgIpc) is 3.09. The van der Waals surface area contributed by atoms with Crippen molar-refractivity contribution in [2.45, 2.75) is 51.7 Å². The number of pyridine rings is 1. The fraction of sp³-hybridized carbons (Fsp3) is 0.500. The van der Waals surface area contributed by atoms with Crippen molar-refractivity contribution in [2.75, 3.05) is 0 Å². The fourth-order valence-corrected chi connectivity index (χ4v) is 3.52. The van der Waals surface area contributed by atoms with Crippen molar-refractivity contribution in [2.24, 2.45) is 0 Å². The highest BCUT2D eigenvalue weighted by molar-refractivity contribution is 6.37. The molecule has 0 aromatic carbocycles. The number of aromatic nitrogens is 3. The third-order valence-electron chi connectivity index (χ3n) is 4.02. The predicted molar refractivity (Wildman–Crippen MR) is 92.9 cm³/mol. The lowest BCUT2D eigenvalue weighted by Crippen LogP contribution is -2.38. The lowest BCUT2D eigenvalue weighted by Gasteiger charge is -2.23. The molecule has 10 heteroatoms. The third-order valence-corrected chi connectivity index (χ3v) is 4.50. The summed E-state index contributed by atoms with van der Waals surface area (Å²) >= 11 is 12.2. The minimum atomic E-state index is -0.863. The van der Waals surface area contributed by atoms with Gasteiger partial charge in [0.2, 0.25) is 0 Å². The second-order valence-corrected chi connectivity index (χ2v) is 6.67. The first-order chi connectivity index (χ1) is 12.3. The molecule has 1 fully saturated rings. The summed E-state index contributed by atoms with van der Waals surface area (Å²) < 4.78 is 18.4. The van der Waals surface area contributed by atoms with E-state index in [-0.39, 0.29) is 5.15 Å². The highest BCUT2D eigenvalue weighted by Crippen LogP contribution is 2.37. The van der Waals surface area contributed by atoms with E-state index in [1.54, 1.807) is 4.57 Å². The molecule has 3 heterocycles. The van der Waals surface area contributed by atoms with Gasteiger partial charge in [-0.05, 0) is 12.5 Å². The Morgan fingerprint density at radius 1 is 1.23 bits per heavy atom. The van der Waals surface area contributed by atoms with Gasteiger partial charge in [-0.2, -0.15) is 0 Å². The first-order valence-electron chi connectivity index (χ1n) is 8.00. The van der Waals surface area contributed by atoms with Gasteiger partial charge in [-0.15, -0.1) is 0 Å². The maximum absolute atomic E-state index is 11.6. The van der Waals surface area contributed by atoms with Gasteiger partial charge in [0.25, 0.3) is 0 Å². The van der Waals surface area contributed by atoms with Crippen LogP contribution in [0, 0.1) is 0 Å². The molecule has 2 aromatic heterocycles. The van der Waals surface area contributed by atoms with Crippen LogP contribution < -0.4 is 0 Å². The van der Waals surface area contributed by atoms with Gasteiger partial charge in [-0.25, -0.2) is 9.97 Å². The molecule has 0 radical (unpaired) electrons. The Morgan fingerprint density at radius 2 is 1.88 bits per heavy atom. The number of fused-ring (bicyclic) bond motifs is 1. The molecule has 4 atom stereocenters. The molecular formula is C16H17Cl2N3O5. The lowest BCUT2D eigenvalue weighted by molar-refractivity contribution is -0.165. The molecular weight excluding hydrogens is 385 g/mol. The zero-order chi connectivity index (χ0) is 19.0. The summed E-state index contributed by atoms with van der Waals surface area (Å²) in [5, 5.41) is 0.527. The second kappa shape index (κ2) is 7.38. The summed E-state index contributed by atoms with van der Waals surface area (Å²) in [4.78, 5) is 31.6. The van der Waals surface area contributed by atoms with Gasteiger partial charge in [-0.3, -0.25) is 14.2 Å².